The molecule has 1 aromatic heterocycles. The van der Waals surface area contributed by atoms with Gasteiger partial charge in [0.05, 0.1) is 0 Å². The van der Waals surface area contributed by atoms with Gasteiger partial charge in [0, 0.05) is 20.4 Å². The maximum atomic E-state index is 13.5. The molecule has 0 aliphatic carbocycles. The van der Waals surface area contributed by atoms with Gasteiger partial charge >= 0.3 is 0 Å². The van der Waals surface area contributed by atoms with Crippen molar-refractivity contribution in [3.05, 3.63) is 28.9 Å². The molecule has 0 atom stereocenters. The zero-order valence-electron chi connectivity index (χ0n) is 7.43. The van der Waals surface area contributed by atoms with Gasteiger partial charge in [0.15, 0.2) is 0 Å². The molecule has 0 bridgehead atoms. The molecule has 2 aromatic rings. The summed E-state index contributed by atoms with van der Waals surface area (Å²) >= 11 is 3.20. The average Bonchev–Trinajstić information content (AvgIpc) is 2.47. The summed E-state index contributed by atoms with van der Waals surface area (Å²) in [7, 11) is 0. The highest BCUT2D eigenvalue weighted by Crippen LogP contribution is 2.34. The first-order chi connectivity index (χ1) is 6.22. The van der Waals surface area contributed by atoms with Crippen LogP contribution in [-0.2, 0) is 0 Å². The Bertz CT molecular complexity index is 445. The van der Waals surface area contributed by atoms with E-state index in [9.17, 15) is 4.39 Å². The molecule has 0 N–H and O–H groups in total. The second-order valence-corrected chi connectivity index (χ2v) is 4.68. The van der Waals surface area contributed by atoms with Crippen molar-refractivity contribution in [2.24, 2.45) is 0 Å². The van der Waals surface area contributed by atoms with Crippen LogP contribution in [0.2, 0.25) is 0 Å². The number of hydrogen-bond donors (Lipinski definition) is 0. The van der Waals surface area contributed by atoms with Crippen LogP contribution in [0.25, 0.3) is 10.1 Å². The molecule has 0 aliphatic heterocycles. The zero-order chi connectivity index (χ0) is 9.42. The number of aryl methyl sites for hydroxylation is 1. The molecule has 0 nitrogen and oxygen atoms in total. The highest BCUT2D eigenvalue weighted by molar-refractivity contribution is 7.99. The van der Waals surface area contributed by atoms with Crippen molar-refractivity contribution in [3.8, 4) is 0 Å². The molecular weight excluding hydrogens is 203 g/mol. The lowest BCUT2D eigenvalue weighted by Gasteiger charge is -1.97. The van der Waals surface area contributed by atoms with E-state index in [0.29, 0.717) is 0 Å². The van der Waals surface area contributed by atoms with Crippen LogP contribution in [0.3, 0.4) is 0 Å². The Balaban J connectivity index is 2.82. The van der Waals surface area contributed by atoms with Gasteiger partial charge in [-0.25, -0.2) is 4.39 Å². The summed E-state index contributed by atoms with van der Waals surface area (Å²) in [6.45, 7) is 1.92. The van der Waals surface area contributed by atoms with Gasteiger partial charge < -0.3 is 0 Å². The second kappa shape index (κ2) is 3.31. The normalized spacial score (nSPS) is 11.0. The molecule has 13 heavy (non-hydrogen) atoms. The first-order valence-electron chi connectivity index (χ1n) is 3.93. The van der Waals surface area contributed by atoms with E-state index in [-0.39, 0.29) is 5.82 Å². The topological polar surface area (TPSA) is 0 Å². The number of halogens is 1. The molecule has 0 fully saturated rings. The number of thioether (sulfide) groups is 1. The van der Waals surface area contributed by atoms with Crippen molar-refractivity contribution in [1.82, 2.24) is 0 Å². The number of rotatable bonds is 1. The van der Waals surface area contributed by atoms with Gasteiger partial charge in [-0.1, -0.05) is 0 Å². The molecule has 0 unspecified atom stereocenters. The van der Waals surface area contributed by atoms with E-state index in [1.54, 1.807) is 29.2 Å². The van der Waals surface area contributed by atoms with Crippen LogP contribution in [0.5, 0.6) is 0 Å². The maximum absolute atomic E-state index is 13.5. The van der Waals surface area contributed by atoms with E-state index in [4.69, 9.17) is 0 Å². The smallest absolute Gasteiger partial charge is 0.133 e. The van der Waals surface area contributed by atoms with Crippen molar-refractivity contribution < 1.29 is 4.39 Å². The van der Waals surface area contributed by atoms with Gasteiger partial charge in [-0.2, -0.15) is 0 Å². The molecule has 1 heterocycles. The molecule has 3 heteroatoms. The fourth-order valence-electron chi connectivity index (χ4n) is 1.37. The predicted molar refractivity (Wildman–Crippen MR) is 58.3 cm³/mol. The third kappa shape index (κ3) is 1.46. The lowest BCUT2D eigenvalue weighted by molar-refractivity contribution is 0.637. The monoisotopic (exact) mass is 212 g/mol. The van der Waals surface area contributed by atoms with Crippen LogP contribution in [0.15, 0.2) is 22.4 Å². The SMILES string of the molecule is CSc1csc2cc(C)cc(F)c12. The van der Waals surface area contributed by atoms with Crippen LogP contribution in [0.1, 0.15) is 5.56 Å². The summed E-state index contributed by atoms with van der Waals surface area (Å²) in [6, 6.07) is 3.62. The first-order valence-corrected chi connectivity index (χ1v) is 6.04. The van der Waals surface area contributed by atoms with E-state index < -0.39 is 0 Å². The van der Waals surface area contributed by atoms with Crippen LogP contribution < -0.4 is 0 Å². The molecule has 68 valence electrons. The van der Waals surface area contributed by atoms with Gasteiger partial charge in [0.1, 0.15) is 5.82 Å². The van der Waals surface area contributed by atoms with Crippen LogP contribution in [-0.4, -0.2) is 6.26 Å². The van der Waals surface area contributed by atoms with Gasteiger partial charge in [-0.3, -0.25) is 0 Å². The predicted octanol–water partition coefficient (Wildman–Crippen LogP) is 4.07. The first kappa shape index (κ1) is 9.03. The van der Waals surface area contributed by atoms with Gasteiger partial charge in [-0.05, 0) is 30.9 Å². The Kier molecular flexibility index (Phi) is 2.30. The Labute approximate surface area is 84.8 Å². The fraction of sp³-hybridized carbons (Fsp3) is 0.200. The van der Waals surface area contributed by atoms with Crippen LogP contribution in [0.4, 0.5) is 4.39 Å². The van der Waals surface area contributed by atoms with Gasteiger partial charge in [0.25, 0.3) is 0 Å². The fourth-order valence-corrected chi connectivity index (χ4v) is 3.31. The van der Waals surface area contributed by atoms with E-state index in [1.165, 1.54) is 0 Å². The minimum Gasteiger partial charge on any atom is -0.206 e. The van der Waals surface area contributed by atoms with Crippen molar-refractivity contribution in [1.29, 1.82) is 0 Å². The van der Waals surface area contributed by atoms with Gasteiger partial charge in [-0.15, -0.1) is 23.1 Å². The summed E-state index contributed by atoms with van der Waals surface area (Å²) in [4.78, 5) is 1.04. The van der Waals surface area contributed by atoms with Gasteiger partial charge in [0.2, 0.25) is 0 Å². The number of benzene rings is 1. The van der Waals surface area contributed by atoms with Crippen LogP contribution >= 0.6 is 23.1 Å². The van der Waals surface area contributed by atoms with Crippen molar-refractivity contribution >= 4 is 33.2 Å². The number of thiophene rings is 1. The summed E-state index contributed by atoms with van der Waals surface area (Å²) in [5.41, 5.74) is 0.986. The largest absolute Gasteiger partial charge is 0.206 e. The molecular formula is C10H9FS2. The molecule has 2 rings (SSSR count). The third-order valence-electron chi connectivity index (χ3n) is 1.96. The lowest BCUT2D eigenvalue weighted by Crippen LogP contribution is -1.79. The maximum Gasteiger partial charge on any atom is 0.133 e. The molecule has 0 amide bonds. The number of hydrogen-bond acceptors (Lipinski definition) is 2. The Morgan fingerprint density at radius 2 is 2.15 bits per heavy atom. The Morgan fingerprint density at radius 1 is 1.38 bits per heavy atom. The third-order valence-corrected chi connectivity index (χ3v) is 3.80. The highest BCUT2D eigenvalue weighted by Gasteiger charge is 2.08. The lowest BCUT2D eigenvalue weighted by atomic mass is 10.2. The average molecular weight is 212 g/mol. The standard InChI is InChI=1S/C10H9FS2/c1-6-3-7(11)10-8(4-6)13-5-9(10)12-2/h3-5H,1-2H3. The summed E-state index contributed by atoms with van der Waals surface area (Å²) < 4.78 is 14.6. The number of fused-ring (bicyclic) bond motifs is 1. The molecule has 0 saturated heterocycles. The zero-order valence-corrected chi connectivity index (χ0v) is 9.06. The molecule has 0 spiro atoms. The summed E-state index contributed by atoms with van der Waals surface area (Å²) in [5, 5.41) is 2.79. The minimum atomic E-state index is -0.0967. The van der Waals surface area contributed by atoms with Crippen molar-refractivity contribution in [2.45, 2.75) is 11.8 Å². The van der Waals surface area contributed by atoms with E-state index >= 15 is 0 Å². The van der Waals surface area contributed by atoms with E-state index in [0.717, 1.165) is 20.5 Å². The molecule has 0 aliphatic rings. The Hall–Kier alpha value is -0.540. The minimum absolute atomic E-state index is 0.0967. The quantitative estimate of drug-likeness (QED) is 0.642. The van der Waals surface area contributed by atoms with E-state index in [2.05, 4.69) is 0 Å². The summed E-state index contributed by atoms with van der Waals surface area (Å²) in [6.07, 6.45) is 1.97. The summed E-state index contributed by atoms with van der Waals surface area (Å²) in [5.74, 6) is -0.0967. The molecule has 1 aromatic carbocycles. The van der Waals surface area contributed by atoms with Crippen molar-refractivity contribution in [2.75, 3.05) is 6.26 Å². The molecule has 0 saturated carbocycles. The van der Waals surface area contributed by atoms with Crippen molar-refractivity contribution in [3.63, 3.8) is 0 Å². The Morgan fingerprint density at radius 3 is 2.85 bits per heavy atom. The second-order valence-electron chi connectivity index (χ2n) is 2.92. The van der Waals surface area contributed by atoms with Crippen LogP contribution in [0, 0.1) is 12.7 Å². The molecule has 0 radical (unpaired) electrons. The van der Waals surface area contributed by atoms with E-state index in [1.807, 2.05) is 24.6 Å². The highest BCUT2D eigenvalue weighted by atomic mass is 32.2.